The lowest BCUT2D eigenvalue weighted by Crippen LogP contribution is -2.31. The maximum atomic E-state index is 10.0. The van der Waals surface area contributed by atoms with Crippen LogP contribution in [0.15, 0.2) is 36.9 Å². The van der Waals surface area contributed by atoms with Crippen LogP contribution in [0.2, 0.25) is 0 Å². The number of hydrogen-bond donors (Lipinski definition) is 1. The van der Waals surface area contributed by atoms with Crippen molar-refractivity contribution in [1.29, 1.82) is 0 Å². The van der Waals surface area contributed by atoms with Gasteiger partial charge in [0.05, 0.1) is 12.7 Å². The zero-order chi connectivity index (χ0) is 12.2. The minimum atomic E-state index is -0.830. The highest BCUT2D eigenvalue weighted by Crippen LogP contribution is 2.23. The van der Waals surface area contributed by atoms with Gasteiger partial charge in [0.2, 0.25) is 0 Å². The highest BCUT2D eigenvalue weighted by molar-refractivity contribution is 5.29. The van der Waals surface area contributed by atoms with Gasteiger partial charge in [-0.05, 0) is 37.0 Å². The van der Waals surface area contributed by atoms with E-state index in [0.717, 1.165) is 17.7 Å². The maximum absolute atomic E-state index is 10.0. The second kappa shape index (κ2) is 5.17. The smallest absolute Gasteiger partial charge is 0.119 e. The Bertz CT molecular complexity index is 356. The van der Waals surface area contributed by atoms with E-state index in [2.05, 4.69) is 6.58 Å². The Labute approximate surface area is 97.6 Å². The molecular formula is C14H20O2. The predicted molar refractivity (Wildman–Crippen MR) is 66.7 cm³/mol. The van der Waals surface area contributed by atoms with Crippen LogP contribution in [0.3, 0.4) is 0 Å². The van der Waals surface area contributed by atoms with Crippen LogP contribution in [0.4, 0.5) is 0 Å². The van der Waals surface area contributed by atoms with Gasteiger partial charge in [-0.2, -0.15) is 0 Å². The van der Waals surface area contributed by atoms with Crippen molar-refractivity contribution in [2.45, 2.75) is 25.9 Å². The lowest BCUT2D eigenvalue weighted by atomic mass is 9.86. The minimum absolute atomic E-state index is 0.122. The van der Waals surface area contributed by atoms with Gasteiger partial charge in [0, 0.05) is 0 Å². The molecule has 0 aliphatic rings. The van der Waals surface area contributed by atoms with E-state index >= 15 is 0 Å². The van der Waals surface area contributed by atoms with Crippen LogP contribution in [0.1, 0.15) is 19.4 Å². The molecule has 1 rings (SSSR count). The number of hydrogen-bond acceptors (Lipinski definition) is 2. The van der Waals surface area contributed by atoms with Gasteiger partial charge in [0.1, 0.15) is 5.75 Å². The van der Waals surface area contributed by atoms with Gasteiger partial charge in [0.15, 0.2) is 0 Å². The fourth-order valence-electron chi connectivity index (χ4n) is 1.56. The normalized spacial score (nSPS) is 16.2. The zero-order valence-electron chi connectivity index (χ0n) is 10.2. The molecule has 2 heteroatoms. The van der Waals surface area contributed by atoms with Crippen LogP contribution in [0.5, 0.6) is 5.75 Å². The predicted octanol–water partition coefficient (Wildman–Crippen LogP) is 2.81. The second-order valence-electron chi connectivity index (χ2n) is 4.39. The first kappa shape index (κ1) is 12.8. The van der Waals surface area contributed by atoms with Crippen molar-refractivity contribution in [1.82, 2.24) is 0 Å². The molecule has 0 aliphatic carbocycles. The van der Waals surface area contributed by atoms with Gasteiger partial charge in [-0.3, -0.25) is 0 Å². The summed E-state index contributed by atoms with van der Waals surface area (Å²) < 4.78 is 5.17. The average molecular weight is 220 g/mol. The van der Waals surface area contributed by atoms with E-state index in [1.807, 2.05) is 31.2 Å². The SMILES string of the molecule is C=CC(C)(O)C(C)Cc1cccc(OC)c1. The van der Waals surface area contributed by atoms with E-state index in [9.17, 15) is 5.11 Å². The van der Waals surface area contributed by atoms with E-state index in [1.165, 1.54) is 0 Å². The summed E-state index contributed by atoms with van der Waals surface area (Å²) in [6.07, 6.45) is 2.40. The van der Waals surface area contributed by atoms with E-state index in [1.54, 1.807) is 20.1 Å². The molecule has 0 saturated carbocycles. The van der Waals surface area contributed by atoms with Crippen LogP contribution in [0, 0.1) is 5.92 Å². The summed E-state index contributed by atoms with van der Waals surface area (Å²) >= 11 is 0. The molecule has 0 bridgehead atoms. The third kappa shape index (κ3) is 3.11. The molecule has 2 atom stereocenters. The number of rotatable bonds is 5. The van der Waals surface area contributed by atoms with Crippen molar-refractivity contribution in [2.24, 2.45) is 5.92 Å². The molecule has 2 nitrogen and oxygen atoms in total. The Kier molecular flexibility index (Phi) is 4.13. The first-order chi connectivity index (χ1) is 7.49. The van der Waals surface area contributed by atoms with Crippen molar-refractivity contribution in [3.05, 3.63) is 42.5 Å². The van der Waals surface area contributed by atoms with E-state index in [0.29, 0.717) is 0 Å². The molecule has 1 aromatic carbocycles. The first-order valence-electron chi connectivity index (χ1n) is 5.48. The minimum Gasteiger partial charge on any atom is -0.497 e. The van der Waals surface area contributed by atoms with Crippen LogP contribution >= 0.6 is 0 Å². The monoisotopic (exact) mass is 220 g/mol. The van der Waals surface area contributed by atoms with Crippen molar-refractivity contribution >= 4 is 0 Å². The molecule has 0 amide bonds. The topological polar surface area (TPSA) is 29.5 Å². The molecule has 16 heavy (non-hydrogen) atoms. The standard InChI is InChI=1S/C14H20O2/c1-5-14(3,15)11(2)9-12-7-6-8-13(10-12)16-4/h5-8,10-11,15H,1,9H2,2-4H3. The fraction of sp³-hybridized carbons (Fsp3) is 0.429. The number of methoxy groups -OCH3 is 1. The van der Waals surface area contributed by atoms with Crippen LogP contribution in [-0.4, -0.2) is 17.8 Å². The molecule has 0 saturated heterocycles. The third-order valence-corrected chi connectivity index (χ3v) is 3.09. The van der Waals surface area contributed by atoms with Gasteiger partial charge in [-0.15, -0.1) is 6.58 Å². The summed E-state index contributed by atoms with van der Waals surface area (Å²) in [7, 11) is 1.66. The van der Waals surface area contributed by atoms with Crippen LogP contribution in [0.25, 0.3) is 0 Å². The Morgan fingerprint density at radius 1 is 1.56 bits per heavy atom. The Hall–Kier alpha value is -1.28. The summed E-state index contributed by atoms with van der Waals surface area (Å²) in [4.78, 5) is 0. The lowest BCUT2D eigenvalue weighted by molar-refractivity contribution is 0.0548. The number of ether oxygens (including phenoxy) is 1. The summed E-state index contributed by atoms with van der Waals surface area (Å²) in [5, 5.41) is 10.0. The largest absolute Gasteiger partial charge is 0.497 e. The molecule has 0 spiro atoms. The summed E-state index contributed by atoms with van der Waals surface area (Å²) in [5.41, 5.74) is 0.331. The van der Waals surface area contributed by atoms with Gasteiger partial charge >= 0.3 is 0 Å². The van der Waals surface area contributed by atoms with Gasteiger partial charge in [-0.25, -0.2) is 0 Å². The highest BCUT2D eigenvalue weighted by Gasteiger charge is 2.24. The molecule has 1 aromatic rings. The molecule has 0 aromatic heterocycles. The Morgan fingerprint density at radius 3 is 2.81 bits per heavy atom. The quantitative estimate of drug-likeness (QED) is 0.773. The molecule has 88 valence electrons. The summed E-state index contributed by atoms with van der Waals surface area (Å²) in [6, 6.07) is 7.91. The van der Waals surface area contributed by atoms with Gasteiger partial charge in [0.25, 0.3) is 0 Å². The second-order valence-corrected chi connectivity index (χ2v) is 4.39. The van der Waals surface area contributed by atoms with E-state index in [4.69, 9.17) is 4.74 Å². The van der Waals surface area contributed by atoms with Crippen molar-refractivity contribution in [2.75, 3.05) is 7.11 Å². The molecule has 0 heterocycles. The Morgan fingerprint density at radius 2 is 2.25 bits per heavy atom. The first-order valence-corrected chi connectivity index (χ1v) is 5.48. The average Bonchev–Trinajstić information content (AvgIpc) is 2.29. The van der Waals surface area contributed by atoms with E-state index < -0.39 is 5.60 Å². The lowest BCUT2D eigenvalue weighted by Gasteiger charge is -2.26. The van der Waals surface area contributed by atoms with Crippen molar-refractivity contribution in [3.63, 3.8) is 0 Å². The van der Waals surface area contributed by atoms with E-state index in [-0.39, 0.29) is 5.92 Å². The van der Waals surface area contributed by atoms with Gasteiger partial charge < -0.3 is 9.84 Å². The van der Waals surface area contributed by atoms with Crippen molar-refractivity contribution < 1.29 is 9.84 Å². The van der Waals surface area contributed by atoms with Crippen LogP contribution in [-0.2, 0) is 6.42 Å². The summed E-state index contributed by atoms with van der Waals surface area (Å²) in [5.74, 6) is 0.972. The molecule has 0 fully saturated rings. The highest BCUT2D eigenvalue weighted by atomic mass is 16.5. The molecular weight excluding hydrogens is 200 g/mol. The summed E-state index contributed by atoms with van der Waals surface area (Å²) in [6.45, 7) is 7.45. The number of benzene rings is 1. The molecule has 2 unspecified atom stereocenters. The molecule has 0 radical (unpaired) electrons. The zero-order valence-corrected chi connectivity index (χ0v) is 10.2. The molecule has 0 aliphatic heterocycles. The fourth-order valence-corrected chi connectivity index (χ4v) is 1.56. The van der Waals surface area contributed by atoms with Crippen LogP contribution < -0.4 is 4.74 Å². The van der Waals surface area contributed by atoms with Gasteiger partial charge in [-0.1, -0.05) is 25.1 Å². The van der Waals surface area contributed by atoms with Crippen molar-refractivity contribution in [3.8, 4) is 5.75 Å². The number of aliphatic hydroxyl groups is 1. The third-order valence-electron chi connectivity index (χ3n) is 3.09. The molecule has 1 N–H and O–H groups in total. The maximum Gasteiger partial charge on any atom is 0.119 e. The Balaban J connectivity index is 2.76.